The van der Waals surface area contributed by atoms with Crippen LogP contribution < -0.4 is 11.1 Å². The van der Waals surface area contributed by atoms with E-state index >= 15 is 0 Å². The Morgan fingerprint density at radius 2 is 1.96 bits per heavy atom. The van der Waals surface area contributed by atoms with Gasteiger partial charge in [-0.2, -0.15) is 0 Å². The zero-order valence-electron chi connectivity index (χ0n) is 16.1. The summed E-state index contributed by atoms with van der Waals surface area (Å²) in [6.07, 6.45) is 3.97. The molecule has 6 heteroatoms. The lowest BCUT2D eigenvalue weighted by Gasteiger charge is -2.34. The van der Waals surface area contributed by atoms with Crippen LogP contribution >= 0.6 is 0 Å². The molecule has 4 unspecified atom stereocenters. The second-order valence-corrected chi connectivity index (χ2v) is 8.49. The number of urea groups is 1. The van der Waals surface area contributed by atoms with Gasteiger partial charge in [-0.05, 0) is 62.1 Å². The van der Waals surface area contributed by atoms with Gasteiger partial charge in [-0.15, -0.1) is 0 Å². The number of likely N-dealkylation sites (tertiary alicyclic amines) is 2. The number of aryl methyl sites for hydroxylation is 1. The van der Waals surface area contributed by atoms with Crippen LogP contribution in [0.2, 0.25) is 0 Å². The first-order valence-corrected chi connectivity index (χ1v) is 10.2. The van der Waals surface area contributed by atoms with Crippen molar-refractivity contribution in [2.24, 2.45) is 23.5 Å². The topological polar surface area (TPSA) is 78.7 Å². The predicted octanol–water partition coefficient (Wildman–Crippen LogP) is 2.43. The number of nitrogens with two attached hydrogens (primary N) is 1. The highest BCUT2D eigenvalue weighted by Crippen LogP contribution is 2.38. The highest BCUT2D eigenvalue weighted by Gasteiger charge is 2.44. The zero-order valence-corrected chi connectivity index (χ0v) is 16.1. The van der Waals surface area contributed by atoms with E-state index in [0.717, 1.165) is 50.0 Å². The third kappa shape index (κ3) is 3.81. The van der Waals surface area contributed by atoms with Crippen LogP contribution in [0.4, 0.5) is 10.5 Å². The smallest absolute Gasteiger partial charge is 0.321 e. The first kappa shape index (κ1) is 18.3. The fourth-order valence-corrected chi connectivity index (χ4v) is 5.03. The molecule has 27 heavy (non-hydrogen) atoms. The third-order valence-electron chi connectivity index (χ3n) is 6.55. The SMILES string of the molecule is Cc1cccc(NC(=O)N2CCCC(C(=O)N3CC4CCC(N)C4C3)C2)c1. The Hall–Kier alpha value is -2.08. The minimum absolute atomic E-state index is 0.0861. The maximum atomic E-state index is 13.0. The van der Waals surface area contributed by atoms with Crippen molar-refractivity contribution in [1.82, 2.24) is 9.80 Å². The van der Waals surface area contributed by atoms with Gasteiger partial charge in [-0.3, -0.25) is 4.79 Å². The van der Waals surface area contributed by atoms with Gasteiger partial charge in [0.25, 0.3) is 0 Å². The Balaban J connectivity index is 1.35. The number of carbonyl (C=O) groups is 2. The molecule has 4 atom stereocenters. The van der Waals surface area contributed by atoms with Crippen molar-refractivity contribution in [2.75, 3.05) is 31.5 Å². The molecular formula is C21H30N4O2. The van der Waals surface area contributed by atoms with Gasteiger partial charge in [0.05, 0.1) is 5.92 Å². The van der Waals surface area contributed by atoms with Gasteiger partial charge in [0, 0.05) is 37.9 Å². The molecule has 0 radical (unpaired) electrons. The molecule has 3 fully saturated rings. The van der Waals surface area contributed by atoms with Crippen LogP contribution in [0.3, 0.4) is 0 Å². The van der Waals surface area contributed by atoms with Gasteiger partial charge in [0.15, 0.2) is 0 Å². The van der Waals surface area contributed by atoms with E-state index in [1.54, 1.807) is 4.90 Å². The number of amides is 3. The lowest BCUT2D eigenvalue weighted by molar-refractivity contribution is -0.136. The quantitative estimate of drug-likeness (QED) is 0.839. The van der Waals surface area contributed by atoms with E-state index < -0.39 is 0 Å². The summed E-state index contributed by atoms with van der Waals surface area (Å²) in [5.74, 6) is 1.17. The number of hydrogen-bond donors (Lipinski definition) is 2. The molecule has 0 aromatic heterocycles. The number of anilines is 1. The lowest BCUT2D eigenvalue weighted by atomic mass is 9.96. The Morgan fingerprint density at radius 1 is 1.11 bits per heavy atom. The fraction of sp³-hybridized carbons (Fsp3) is 0.619. The summed E-state index contributed by atoms with van der Waals surface area (Å²) in [7, 11) is 0. The second kappa shape index (κ2) is 7.50. The molecule has 1 aliphatic carbocycles. The number of carbonyl (C=O) groups excluding carboxylic acids is 2. The van der Waals surface area contributed by atoms with Crippen LogP contribution in [0.5, 0.6) is 0 Å². The summed E-state index contributed by atoms with van der Waals surface area (Å²) in [6, 6.07) is 7.92. The number of nitrogens with zero attached hydrogens (tertiary/aromatic N) is 2. The van der Waals surface area contributed by atoms with E-state index in [2.05, 4.69) is 5.32 Å². The first-order chi connectivity index (χ1) is 13.0. The van der Waals surface area contributed by atoms with Crippen molar-refractivity contribution < 1.29 is 9.59 Å². The molecule has 2 aliphatic heterocycles. The minimum atomic E-state index is -0.113. The average Bonchev–Trinajstić information content (AvgIpc) is 3.23. The Kier molecular flexibility index (Phi) is 5.08. The normalized spacial score (nSPS) is 30.3. The number of nitrogens with one attached hydrogen (secondary N) is 1. The number of fused-ring (bicyclic) bond motifs is 1. The van der Waals surface area contributed by atoms with Gasteiger partial charge in [0.1, 0.15) is 0 Å². The number of rotatable bonds is 2. The summed E-state index contributed by atoms with van der Waals surface area (Å²) in [5.41, 5.74) is 8.12. The molecule has 1 aromatic rings. The van der Waals surface area contributed by atoms with Crippen molar-refractivity contribution in [3.05, 3.63) is 29.8 Å². The van der Waals surface area contributed by atoms with Crippen LogP contribution in [-0.2, 0) is 4.79 Å². The van der Waals surface area contributed by atoms with Crippen molar-refractivity contribution in [2.45, 2.75) is 38.6 Å². The predicted molar refractivity (Wildman–Crippen MR) is 105 cm³/mol. The van der Waals surface area contributed by atoms with Gasteiger partial charge in [0.2, 0.25) is 5.91 Å². The van der Waals surface area contributed by atoms with Crippen molar-refractivity contribution in [1.29, 1.82) is 0 Å². The standard InChI is InChI=1S/C21H30N4O2/c1-14-4-2-6-17(10-14)23-21(27)24-9-3-5-16(12-24)20(26)25-11-15-7-8-19(22)18(15)13-25/h2,4,6,10,15-16,18-19H,3,5,7-9,11-13,22H2,1H3,(H,23,27). The highest BCUT2D eigenvalue weighted by atomic mass is 16.2. The molecule has 1 saturated carbocycles. The largest absolute Gasteiger partial charge is 0.342 e. The molecule has 1 aromatic carbocycles. The lowest BCUT2D eigenvalue weighted by Crippen LogP contribution is -2.48. The van der Waals surface area contributed by atoms with Crippen LogP contribution in [-0.4, -0.2) is 54.0 Å². The number of benzene rings is 1. The Labute approximate surface area is 161 Å². The minimum Gasteiger partial charge on any atom is -0.342 e. The maximum absolute atomic E-state index is 13.0. The Bertz CT molecular complexity index is 722. The molecule has 0 bridgehead atoms. The molecule has 146 valence electrons. The van der Waals surface area contributed by atoms with Crippen LogP contribution in [0.15, 0.2) is 24.3 Å². The molecule has 0 spiro atoms. The van der Waals surface area contributed by atoms with Gasteiger partial charge in [-0.25, -0.2) is 4.79 Å². The van der Waals surface area contributed by atoms with Crippen LogP contribution in [0, 0.1) is 24.7 Å². The molecule has 3 aliphatic rings. The van der Waals surface area contributed by atoms with Crippen LogP contribution in [0.1, 0.15) is 31.2 Å². The summed E-state index contributed by atoms with van der Waals surface area (Å²) in [4.78, 5) is 29.5. The molecular weight excluding hydrogens is 340 g/mol. The van der Waals surface area contributed by atoms with Gasteiger partial charge >= 0.3 is 6.03 Å². The number of piperidine rings is 1. The summed E-state index contributed by atoms with van der Waals surface area (Å²) >= 11 is 0. The van der Waals surface area contributed by atoms with Crippen molar-refractivity contribution >= 4 is 17.6 Å². The zero-order chi connectivity index (χ0) is 19.0. The molecule has 3 N–H and O–H groups in total. The van der Waals surface area contributed by atoms with E-state index in [4.69, 9.17) is 5.73 Å². The average molecular weight is 370 g/mol. The summed E-state index contributed by atoms with van der Waals surface area (Å²) in [5, 5.41) is 2.97. The number of hydrogen-bond acceptors (Lipinski definition) is 3. The molecule has 2 heterocycles. The monoisotopic (exact) mass is 370 g/mol. The highest BCUT2D eigenvalue weighted by molar-refractivity contribution is 5.90. The maximum Gasteiger partial charge on any atom is 0.321 e. The molecule has 6 nitrogen and oxygen atoms in total. The molecule has 4 rings (SSSR count). The van der Waals surface area contributed by atoms with Crippen molar-refractivity contribution in [3.8, 4) is 0 Å². The van der Waals surface area contributed by atoms with Crippen molar-refractivity contribution in [3.63, 3.8) is 0 Å². The van der Waals surface area contributed by atoms with E-state index in [-0.39, 0.29) is 23.9 Å². The van der Waals surface area contributed by atoms with Crippen LogP contribution in [0.25, 0.3) is 0 Å². The van der Waals surface area contributed by atoms with Gasteiger partial charge in [-0.1, -0.05) is 12.1 Å². The molecule has 2 saturated heterocycles. The second-order valence-electron chi connectivity index (χ2n) is 8.49. The van der Waals surface area contributed by atoms with E-state index in [1.165, 1.54) is 0 Å². The fourth-order valence-electron chi connectivity index (χ4n) is 5.03. The van der Waals surface area contributed by atoms with E-state index in [9.17, 15) is 9.59 Å². The Morgan fingerprint density at radius 3 is 2.74 bits per heavy atom. The summed E-state index contributed by atoms with van der Waals surface area (Å²) < 4.78 is 0. The van der Waals surface area contributed by atoms with E-state index in [0.29, 0.717) is 24.9 Å². The third-order valence-corrected chi connectivity index (χ3v) is 6.55. The first-order valence-electron chi connectivity index (χ1n) is 10.2. The molecule has 3 amide bonds. The van der Waals surface area contributed by atoms with E-state index in [1.807, 2.05) is 36.1 Å². The van der Waals surface area contributed by atoms with Gasteiger partial charge < -0.3 is 20.9 Å². The summed E-state index contributed by atoms with van der Waals surface area (Å²) in [6.45, 7) is 4.87.